The summed E-state index contributed by atoms with van der Waals surface area (Å²) in [4.78, 5) is 2.72. The molecular weight excluding hydrogens is 415 g/mol. The zero-order valence-electron chi connectivity index (χ0n) is 18.2. The van der Waals surface area contributed by atoms with E-state index < -0.39 is 0 Å². The maximum Gasteiger partial charge on any atom is 0.148 e. The van der Waals surface area contributed by atoms with Crippen molar-refractivity contribution in [1.82, 2.24) is 15.1 Å². The lowest BCUT2D eigenvalue weighted by molar-refractivity contribution is -0.0811. The molecular formula is C24H30ClFN4O. The highest BCUT2D eigenvalue weighted by Gasteiger charge is 2.44. The van der Waals surface area contributed by atoms with Crippen LogP contribution in [0.3, 0.4) is 0 Å². The monoisotopic (exact) mass is 444 g/mol. The molecule has 0 radical (unpaired) electrons. The summed E-state index contributed by atoms with van der Waals surface area (Å²) in [6, 6.07) is 9.13. The van der Waals surface area contributed by atoms with Gasteiger partial charge in [0.1, 0.15) is 11.6 Å². The van der Waals surface area contributed by atoms with Crippen LogP contribution in [-0.2, 0) is 4.74 Å². The zero-order valence-corrected chi connectivity index (χ0v) is 18.9. The first-order valence-corrected chi connectivity index (χ1v) is 11.7. The van der Waals surface area contributed by atoms with Crippen LogP contribution in [0.25, 0.3) is 11.3 Å². The van der Waals surface area contributed by atoms with Gasteiger partial charge in [-0.3, -0.25) is 4.90 Å². The third-order valence-corrected chi connectivity index (χ3v) is 7.52. The van der Waals surface area contributed by atoms with Crippen LogP contribution < -0.4 is 5.32 Å². The van der Waals surface area contributed by atoms with Gasteiger partial charge in [-0.1, -0.05) is 11.6 Å². The van der Waals surface area contributed by atoms with Gasteiger partial charge in [-0.15, -0.1) is 10.2 Å². The second-order valence-corrected chi connectivity index (χ2v) is 10.4. The highest BCUT2D eigenvalue weighted by molar-refractivity contribution is 6.33. The standard InChI is InChI=1S/C24H30ClFN4O/c1-24(2)12-19(7-8-31-24)30-13-15-9-18(10-16(15)14-30)27-23-6-5-22(28-29-23)20-11-17(26)3-4-21(20)25/h3-6,11,15-16,18-19H,7-10,12-14H2,1-2H3,(H,27,29)/t15-,16+,18+,19?. The number of fused-ring (bicyclic) bond motifs is 1. The van der Waals surface area contributed by atoms with Gasteiger partial charge in [0.05, 0.1) is 16.3 Å². The average Bonchev–Trinajstić information content (AvgIpc) is 3.28. The molecule has 2 saturated heterocycles. The molecule has 166 valence electrons. The third-order valence-electron chi connectivity index (χ3n) is 7.19. The first-order chi connectivity index (χ1) is 14.9. The van der Waals surface area contributed by atoms with Gasteiger partial charge in [0.15, 0.2) is 0 Å². The van der Waals surface area contributed by atoms with Gasteiger partial charge in [0.25, 0.3) is 0 Å². The van der Waals surface area contributed by atoms with Crippen molar-refractivity contribution in [3.8, 4) is 11.3 Å². The summed E-state index contributed by atoms with van der Waals surface area (Å²) in [5.74, 6) is 1.94. The molecule has 1 aromatic carbocycles. The molecule has 31 heavy (non-hydrogen) atoms. The predicted molar refractivity (Wildman–Crippen MR) is 121 cm³/mol. The van der Waals surface area contributed by atoms with Crippen LogP contribution in [0.15, 0.2) is 30.3 Å². The van der Waals surface area contributed by atoms with Crippen LogP contribution in [0, 0.1) is 17.7 Å². The van der Waals surface area contributed by atoms with Gasteiger partial charge in [-0.25, -0.2) is 4.39 Å². The van der Waals surface area contributed by atoms with E-state index in [9.17, 15) is 4.39 Å². The van der Waals surface area contributed by atoms with Crippen LogP contribution in [0.4, 0.5) is 10.2 Å². The zero-order chi connectivity index (χ0) is 21.6. The van der Waals surface area contributed by atoms with E-state index in [4.69, 9.17) is 16.3 Å². The number of likely N-dealkylation sites (tertiary alicyclic amines) is 1. The lowest BCUT2D eigenvalue weighted by atomic mass is 9.93. The molecule has 2 aromatic rings. The maximum atomic E-state index is 13.6. The Morgan fingerprint density at radius 1 is 1.13 bits per heavy atom. The Morgan fingerprint density at radius 3 is 2.58 bits per heavy atom. The van der Waals surface area contributed by atoms with E-state index in [1.54, 1.807) is 6.07 Å². The number of ether oxygens (including phenoxy) is 1. The lowest BCUT2D eigenvalue weighted by Crippen LogP contribution is -2.45. The fourth-order valence-corrected chi connectivity index (χ4v) is 5.93. The molecule has 1 aliphatic carbocycles. The first-order valence-electron chi connectivity index (χ1n) is 11.3. The Morgan fingerprint density at radius 2 is 1.90 bits per heavy atom. The van der Waals surface area contributed by atoms with E-state index in [2.05, 4.69) is 34.3 Å². The molecule has 7 heteroatoms. The Balaban J connectivity index is 1.17. The molecule has 1 N–H and O–H groups in total. The van der Waals surface area contributed by atoms with Gasteiger partial charge in [-0.2, -0.15) is 0 Å². The smallest absolute Gasteiger partial charge is 0.148 e. The van der Waals surface area contributed by atoms with E-state index in [0.29, 0.717) is 28.4 Å². The van der Waals surface area contributed by atoms with E-state index in [1.807, 2.05) is 12.1 Å². The second kappa shape index (κ2) is 8.30. The van der Waals surface area contributed by atoms with Crippen molar-refractivity contribution in [1.29, 1.82) is 0 Å². The molecule has 5 nitrogen and oxygen atoms in total. The van der Waals surface area contributed by atoms with Crippen molar-refractivity contribution in [2.75, 3.05) is 25.0 Å². The Labute approximate surface area is 188 Å². The number of halogens is 2. The minimum atomic E-state index is -0.334. The van der Waals surface area contributed by atoms with Crippen molar-refractivity contribution in [2.24, 2.45) is 11.8 Å². The fraction of sp³-hybridized carbons (Fsp3) is 0.583. The van der Waals surface area contributed by atoms with Crippen LogP contribution >= 0.6 is 11.6 Å². The van der Waals surface area contributed by atoms with Crippen LogP contribution in [0.1, 0.15) is 39.5 Å². The van der Waals surface area contributed by atoms with Crippen molar-refractivity contribution < 1.29 is 9.13 Å². The summed E-state index contributed by atoms with van der Waals surface area (Å²) in [6.07, 6.45) is 4.63. The molecule has 0 spiro atoms. The minimum Gasteiger partial charge on any atom is -0.375 e. The molecule has 5 rings (SSSR count). The molecule has 1 unspecified atom stereocenters. The average molecular weight is 445 g/mol. The van der Waals surface area contributed by atoms with Crippen molar-refractivity contribution >= 4 is 17.4 Å². The van der Waals surface area contributed by atoms with Gasteiger partial charge >= 0.3 is 0 Å². The Kier molecular flexibility index (Phi) is 5.65. The van der Waals surface area contributed by atoms with Crippen LogP contribution in [-0.4, -0.2) is 52.5 Å². The highest BCUT2D eigenvalue weighted by Crippen LogP contribution is 2.41. The second-order valence-electron chi connectivity index (χ2n) is 9.97. The number of hydrogen-bond donors (Lipinski definition) is 1. The SMILES string of the molecule is CC1(C)CC(N2C[C@H]3C[C@H](Nc4ccc(-c5cc(F)ccc5Cl)nn4)C[C@H]3C2)CCO1. The van der Waals surface area contributed by atoms with Crippen LogP contribution in [0.2, 0.25) is 5.02 Å². The van der Waals surface area contributed by atoms with E-state index in [0.717, 1.165) is 37.1 Å². The predicted octanol–water partition coefficient (Wildman–Crippen LogP) is 5.02. The Hall–Kier alpha value is -1.76. The lowest BCUT2D eigenvalue weighted by Gasteiger charge is -2.40. The van der Waals surface area contributed by atoms with Gasteiger partial charge in [0, 0.05) is 37.3 Å². The van der Waals surface area contributed by atoms with Crippen LogP contribution in [0.5, 0.6) is 0 Å². The molecule has 1 saturated carbocycles. The molecule has 4 atom stereocenters. The van der Waals surface area contributed by atoms with E-state index in [-0.39, 0.29) is 11.4 Å². The highest BCUT2D eigenvalue weighted by atomic mass is 35.5. The van der Waals surface area contributed by atoms with Gasteiger partial charge < -0.3 is 10.1 Å². The third kappa shape index (κ3) is 4.57. The topological polar surface area (TPSA) is 50.3 Å². The number of nitrogens with zero attached hydrogens (tertiary/aromatic N) is 3. The molecule has 3 aliphatic rings. The first kappa shape index (κ1) is 21.1. The van der Waals surface area contributed by atoms with E-state index in [1.165, 1.54) is 38.1 Å². The quantitative estimate of drug-likeness (QED) is 0.717. The summed E-state index contributed by atoms with van der Waals surface area (Å²) in [6.45, 7) is 7.71. The Bertz CT molecular complexity index is 924. The van der Waals surface area contributed by atoms with Gasteiger partial charge in [0.2, 0.25) is 0 Å². The summed E-state index contributed by atoms with van der Waals surface area (Å²) in [7, 11) is 0. The van der Waals surface area contributed by atoms with Crippen molar-refractivity contribution in [3.05, 3.63) is 41.2 Å². The molecule has 3 heterocycles. The summed E-state index contributed by atoms with van der Waals surface area (Å²) in [5, 5.41) is 12.6. The summed E-state index contributed by atoms with van der Waals surface area (Å²) >= 11 is 6.18. The van der Waals surface area contributed by atoms with Gasteiger partial charge in [-0.05, 0) is 81.7 Å². The minimum absolute atomic E-state index is 0.00524. The molecule has 0 amide bonds. The number of aromatic nitrogens is 2. The van der Waals surface area contributed by atoms with Crippen molar-refractivity contribution in [2.45, 2.75) is 57.2 Å². The summed E-state index contributed by atoms with van der Waals surface area (Å²) < 4.78 is 19.5. The number of anilines is 1. The molecule has 0 bridgehead atoms. The number of hydrogen-bond acceptors (Lipinski definition) is 5. The largest absolute Gasteiger partial charge is 0.375 e. The molecule has 1 aromatic heterocycles. The normalized spacial score (nSPS) is 30.3. The number of rotatable bonds is 4. The summed E-state index contributed by atoms with van der Waals surface area (Å²) in [5.41, 5.74) is 1.14. The number of benzene rings is 1. The fourth-order valence-electron chi connectivity index (χ4n) is 5.72. The molecule has 3 fully saturated rings. The number of nitrogens with one attached hydrogen (secondary N) is 1. The van der Waals surface area contributed by atoms with Crippen molar-refractivity contribution in [3.63, 3.8) is 0 Å². The molecule has 2 aliphatic heterocycles. The van der Waals surface area contributed by atoms with E-state index >= 15 is 0 Å². The maximum absolute atomic E-state index is 13.6.